The van der Waals surface area contributed by atoms with E-state index in [1.807, 2.05) is 44.2 Å². The molecule has 2 aliphatic rings. The third-order valence-electron chi connectivity index (χ3n) is 7.07. The van der Waals surface area contributed by atoms with Crippen LogP contribution in [0.2, 0.25) is 0 Å². The summed E-state index contributed by atoms with van der Waals surface area (Å²) < 4.78 is 6.14. The summed E-state index contributed by atoms with van der Waals surface area (Å²) in [5.74, 6) is -0.159. The summed E-state index contributed by atoms with van der Waals surface area (Å²) in [4.78, 5) is 26.4. The predicted molar refractivity (Wildman–Crippen MR) is 122 cm³/mol. The number of quaternary nitrogens is 1. The summed E-state index contributed by atoms with van der Waals surface area (Å²) in [7, 11) is 0. The fraction of sp³-hybridized carbons (Fsp3) is 0.462. The lowest BCUT2D eigenvalue weighted by Crippen LogP contribution is -2.62. The van der Waals surface area contributed by atoms with Crippen LogP contribution in [0.5, 0.6) is 0 Å². The molecule has 0 radical (unpaired) electrons. The Morgan fingerprint density at radius 1 is 1.00 bits per heavy atom. The van der Waals surface area contributed by atoms with Crippen LogP contribution in [0, 0.1) is 20.8 Å². The molecule has 0 spiro atoms. The van der Waals surface area contributed by atoms with E-state index in [1.165, 1.54) is 5.56 Å². The van der Waals surface area contributed by atoms with Gasteiger partial charge in [-0.3, -0.25) is 4.79 Å². The van der Waals surface area contributed by atoms with Crippen LogP contribution in [0.4, 0.5) is 5.69 Å². The molecule has 5 nitrogen and oxygen atoms in total. The Balaban J connectivity index is 1.49. The summed E-state index contributed by atoms with van der Waals surface area (Å²) >= 11 is 0. The predicted octanol–water partition coefficient (Wildman–Crippen LogP) is 4.44. The van der Waals surface area contributed by atoms with Crippen LogP contribution in [-0.4, -0.2) is 41.5 Å². The monoisotopic (exact) mass is 421 g/mol. The second-order valence-corrected chi connectivity index (χ2v) is 9.36. The number of nitrogens with one attached hydrogen (secondary N) is 1. The van der Waals surface area contributed by atoms with E-state index in [1.54, 1.807) is 0 Å². The Morgan fingerprint density at radius 2 is 1.61 bits per heavy atom. The van der Waals surface area contributed by atoms with Crippen molar-refractivity contribution >= 4 is 17.6 Å². The second-order valence-electron chi connectivity index (χ2n) is 9.36. The maximum Gasteiger partial charge on any atom is 0.362 e. The van der Waals surface area contributed by atoms with E-state index in [-0.39, 0.29) is 25.0 Å². The molecule has 1 aliphatic heterocycles. The van der Waals surface area contributed by atoms with Crippen LogP contribution < -0.4 is 5.32 Å². The van der Waals surface area contributed by atoms with E-state index in [0.29, 0.717) is 4.48 Å². The standard InChI is InChI=1S/C26H32N2O3/c1-19-15-20(2)24(21(3)16-19)27-25(30)26(11-12-26)28(13-7-8-14-28)17-23(29)31-18-22-9-5-4-6-10-22/h4-6,9-10,15-16H,7-8,11-14,17-18H2,1-3H3/p+1. The van der Waals surface area contributed by atoms with Gasteiger partial charge in [0.05, 0.1) is 13.1 Å². The minimum Gasteiger partial charge on any atom is -0.457 e. The summed E-state index contributed by atoms with van der Waals surface area (Å²) in [6.07, 6.45) is 3.75. The fourth-order valence-corrected chi connectivity index (χ4v) is 5.35. The van der Waals surface area contributed by atoms with E-state index in [2.05, 4.69) is 24.4 Å². The first kappa shape index (κ1) is 21.6. The number of ether oxygens (including phenoxy) is 1. The van der Waals surface area contributed by atoms with Crippen molar-refractivity contribution in [3.05, 3.63) is 64.7 Å². The van der Waals surface area contributed by atoms with Crippen LogP contribution in [0.25, 0.3) is 0 Å². The minimum atomic E-state index is -0.508. The van der Waals surface area contributed by atoms with Crippen LogP contribution >= 0.6 is 0 Å². The van der Waals surface area contributed by atoms with Gasteiger partial charge < -0.3 is 14.5 Å². The number of anilines is 1. The number of rotatable bonds is 7. The first-order valence-corrected chi connectivity index (χ1v) is 11.3. The number of amides is 1. The first-order chi connectivity index (χ1) is 14.9. The lowest BCUT2D eigenvalue weighted by Gasteiger charge is -2.40. The van der Waals surface area contributed by atoms with E-state index >= 15 is 0 Å². The SMILES string of the molecule is Cc1cc(C)c(NC(=O)C2([N+]3(CC(=O)OCc4ccccc4)CCCC3)CC2)c(C)c1. The molecule has 0 unspecified atom stereocenters. The lowest BCUT2D eigenvalue weighted by atomic mass is 10.0. The third kappa shape index (κ3) is 4.24. The molecule has 1 aliphatic carbocycles. The first-order valence-electron chi connectivity index (χ1n) is 11.3. The van der Waals surface area contributed by atoms with Crippen molar-refractivity contribution in [1.82, 2.24) is 0 Å². The van der Waals surface area contributed by atoms with E-state index in [4.69, 9.17) is 4.74 Å². The van der Waals surface area contributed by atoms with E-state index in [0.717, 1.165) is 61.2 Å². The average Bonchev–Trinajstić information content (AvgIpc) is 3.44. The fourth-order valence-electron chi connectivity index (χ4n) is 5.35. The van der Waals surface area contributed by atoms with Crippen LogP contribution in [0.1, 0.15) is 47.9 Å². The molecule has 0 atom stereocenters. The van der Waals surface area contributed by atoms with Gasteiger partial charge >= 0.3 is 5.97 Å². The van der Waals surface area contributed by atoms with E-state index in [9.17, 15) is 9.59 Å². The van der Waals surface area contributed by atoms with Crippen molar-refractivity contribution in [3.63, 3.8) is 0 Å². The molecule has 2 aromatic carbocycles. The highest BCUT2D eigenvalue weighted by Gasteiger charge is 2.67. The van der Waals surface area contributed by atoms with Gasteiger partial charge in [-0.15, -0.1) is 0 Å². The number of carbonyl (C=O) groups excluding carboxylic acids is 2. The summed E-state index contributed by atoms with van der Waals surface area (Å²) in [6, 6.07) is 13.9. The zero-order valence-electron chi connectivity index (χ0n) is 18.9. The molecule has 5 heteroatoms. The highest BCUT2D eigenvalue weighted by Crippen LogP contribution is 2.50. The van der Waals surface area contributed by atoms with Gasteiger partial charge in [-0.05, 0) is 37.5 Å². The Bertz CT molecular complexity index is 950. The molecule has 2 fully saturated rings. The summed E-state index contributed by atoms with van der Waals surface area (Å²) in [6.45, 7) is 8.41. The number of carbonyl (C=O) groups is 2. The number of esters is 1. The van der Waals surface area contributed by atoms with Gasteiger partial charge in [-0.25, -0.2) is 4.79 Å². The molecule has 0 aromatic heterocycles. The number of hydrogen-bond acceptors (Lipinski definition) is 3. The molecular weight excluding hydrogens is 388 g/mol. The van der Waals surface area contributed by atoms with Crippen LogP contribution in [-0.2, 0) is 20.9 Å². The van der Waals surface area contributed by atoms with Gasteiger partial charge in [0.15, 0.2) is 12.1 Å². The smallest absolute Gasteiger partial charge is 0.362 e. The van der Waals surface area contributed by atoms with Gasteiger partial charge in [0.2, 0.25) is 0 Å². The molecule has 2 aromatic rings. The van der Waals surface area contributed by atoms with Gasteiger partial charge in [-0.1, -0.05) is 48.0 Å². The highest BCUT2D eigenvalue weighted by atomic mass is 16.5. The highest BCUT2D eigenvalue weighted by molar-refractivity contribution is 6.00. The van der Waals surface area contributed by atoms with Gasteiger partial charge in [0, 0.05) is 31.4 Å². The quantitative estimate of drug-likeness (QED) is 0.531. The van der Waals surface area contributed by atoms with Crippen molar-refractivity contribution in [3.8, 4) is 0 Å². The minimum absolute atomic E-state index is 0.0558. The van der Waals surface area contributed by atoms with Gasteiger partial charge in [0.1, 0.15) is 6.61 Å². The molecule has 1 heterocycles. The van der Waals surface area contributed by atoms with Crippen LogP contribution in [0.15, 0.2) is 42.5 Å². The Kier molecular flexibility index (Phi) is 5.89. The van der Waals surface area contributed by atoms with Crippen LogP contribution in [0.3, 0.4) is 0 Å². The Morgan fingerprint density at radius 3 is 2.19 bits per heavy atom. The van der Waals surface area contributed by atoms with Gasteiger partial charge in [0.25, 0.3) is 5.91 Å². The number of hydrogen-bond donors (Lipinski definition) is 1. The summed E-state index contributed by atoms with van der Waals surface area (Å²) in [5.41, 5.74) is 4.73. The van der Waals surface area contributed by atoms with Crippen molar-refractivity contribution in [2.24, 2.45) is 0 Å². The topological polar surface area (TPSA) is 55.4 Å². The molecule has 164 valence electrons. The third-order valence-corrected chi connectivity index (χ3v) is 7.07. The molecular formula is C26H33N2O3+. The molecule has 1 saturated heterocycles. The largest absolute Gasteiger partial charge is 0.457 e. The number of benzene rings is 2. The maximum absolute atomic E-state index is 13.6. The molecule has 31 heavy (non-hydrogen) atoms. The normalized spacial score (nSPS) is 18.4. The Labute approximate surface area is 185 Å². The maximum atomic E-state index is 13.6. The van der Waals surface area contributed by atoms with Crippen molar-refractivity contribution < 1.29 is 18.8 Å². The molecule has 1 amide bonds. The van der Waals surface area contributed by atoms with Crippen molar-refractivity contribution in [2.45, 2.75) is 58.6 Å². The number of likely N-dealkylation sites (tertiary alicyclic amines) is 1. The zero-order chi connectivity index (χ0) is 22.1. The summed E-state index contributed by atoms with van der Waals surface area (Å²) in [5, 5.41) is 3.23. The molecule has 0 bridgehead atoms. The Hall–Kier alpha value is -2.66. The molecule has 4 rings (SSSR count). The number of aryl methyl sites for hydroxylation is 3. The van der Waals surface area contributed by atoms with E-state index < -0.39 is 5.54 Å². The number of nitrogens with zero attached hydrogens (tertiary/aromatic N) is 1. The van der Waals surface area contributed by atoms with Crippen molar-refractivity contribution in [1.29, 1.82) is 0 Å². The zero-order valence-corrected chi connectivity index (χ0v) is 18.9. The molecule has 1 saturated carbocycles. The van der Waals surface area contributed by atoms with Gasteiger partial charge in [-0.2, -0.15) is 0 Å². The van der Waals surface area contributed by atoms with Crippen molar-refractivity contribution in [2.75, 3.05) is 25.0 Å². The lowest BCUT2D eigenvalue weighted by molar-refractivity contribution is -0.934. The second kappa shape index (κ2) is 8.46. The molecule has 1 N–H and O–H groups in total. The average molecular weight is 422 g/mol.